The van der Waals surface area contributed by atoms with Crippen LogP contribution in [0.4, 0.5) is 0 Å². The van der Waals surface area contributed by atoms with Crippen LogP contribution >= 0.6 is 0 Å². The summed E-state index contributed by atoms with van der Waals surface area (Å²) in [6.07, 6.45) is 8.23. The molecule has 0 rings (SSSR count). The van der Waals surface area contributed by atoms with Crippen molar-refractivity contribution >= 4 is 17.8 Å². The zero-order valence-corrected chi connectivity index (χ0v) is 15.1. The fourth-order valence-electron chi connectivity index (χ4n) is 2.24. The van der Waals surface area contributed by atoms with Crippen molar-refractivity contribution < 1.29 is 24.2 Å². The second-order valence-electron chi connectivity index (χ2n) is 5.93. The van der Waals surface area contributed by atoms with Crippen molar-refractivity contribution in [3.05, 3.63) is 0 Å². The van der Waals surface area contributed by atoms with Gasteiger partial charge in [-0.05, 0) is 13.3 Å². The number of rotatable bonds is 13. The molecule has 0 aliphatic rings. The van der Waals surface area contributed by atoms with E-state index in [0.29, 0.717) is 6.42 Å². The minimum atomic E-state index is -1.12. The number of methoxy groups -OCH3 is 1. The smallest absolute Gasteiger partial charge is 0.330 e. The van der Waals surface area contributed by atoms with Crippen molar-refractivity contribution in [1.29, 1.82) is 0 Å². The number of carbonyl (C=O) groups excluding carboxylic acids is 3. The first-order valence-electron chi connectivity index (χ1n) is 8.74. The van der Waals surface area contributed by atoms with E-state index in [1.165, 1.54) is 39.7 Å². The summed E-state index contributed by atoms with van der Waals surface area (Å²) in [6.45, 7) is 3.15. The molecule has 7 nitrogen and oxygen atoms in total. The van der Waals surface area contributed by atoms with Gasteiger partial charge >= 0.3 is 5.97 Å². The summed E-state index contributed by atoms with van der Waals surface area (Å²) in [6, 6.07) is -1.90. The molecule has 140 valence electrons. The normalized spacial score (nSPS) is 13.0. The number of hydrogen-bond acceptors (Lipinski definition) is 5. The molecule has 2 amide bonds. The molecule has 0 aliphatic heterocycles. The number of ether oxygens (including phenoxy) is 1. The van der Waals surface area contributed by atoms with Gasteiger partial charge in [0.15, 0.2) is 6.04 Å². The maximum atomic E-state index is 11.9. The Hall–Kier alpha value is -1.63. The molecule has 2 atom stereocenters. The van der Waals surface area contributed by atoms with Crippen LogP contribution in [-0.4, -0.2) is 48.7 Å². The number of carbonyl (C=O) groups is 3. The molecule has 0 unspecified atom stereocenters. The monoisotopic (exact) mass is 344 g/mol. The van der Waals surface area contributed by atoms with Gasteiger partial charge in [-0.3, -0.25) is 9.59 Å². The minimum Gasteiger partial charge on any atom is -0.467 e. The first-order chi connectivity index (χ1) is 11.5. The maximum absolute atomic E-state index is 11.9. The highest BCUT2D eigenvalue weighted by Gasteiger charge is 2.24. The molecule has 3 N–H and O–H groups in total. The van der Waals surface area contributed by atoms with Crippen molar-refractivity contribution in [2.24, 2.45) is 0 Å². The molecular weight excluding hydrogens is 312 g/mol. The number of amides is 2. The zero-order valence-electron chi connectivity index (χ0n) is 15.1. The molecule has 0 aliphatic carbocycles. The van der Waals surface area contributed by atoms with Crippen LogP contribution in [-0.2, 0) is 19.1 Å². The van der Waals surface area contributed by atoms with Crippen LogP contribution in [0.2, 0.25) is 0 Å². The lowest BCUT2D eigenvalue weighted by Gasteiger charge is -2.18. The summed E-state index contributed by atoms with van der Waals surface area (Å²) in [5.74, 6) is -1.45. The lowest BCUT2D eigenvalue weighted by Crippen LogP contribution is -2.51. The molecule has 0 bridgehead atoms. The molecule has 0 saturated heterocycles. The number of unbranched alkanes of at least 4 members (excludes halogenated alkanes) is 6. The molecule has 0 aromatic rings. The highest BCUT2D eigenvalue weighted by molar-refractivity contribution is 5.90. The summed E-state index contributed by atoms with van der Waals surface area (Å²) in [4.78, 5) is 35.0. The van der Waals surface area contributed by atoms with Gasteiger partial charge in [0.1, 0.15) is 6.04 Å². The van der Waals surface area contributed by atoms with E-state index in [1.54, 1.807) is 0 Å². The Balaban J connectivity index is 3.95. The van der Waals surface area contributed by atoms with Gasteiger partial charge in [0.05, 0.1) is 13.7 Å². The predicted octanol–water partition coefficient (Wildman–Crippen LogP) is 1.28. The van der Waals surface area contributed by atoms with Gasteiger partial charge in [0, 0.05) is 6.42 Å². The van der Waals surface area contributed by atoms with Crippen LogP contribution in [0.3, 0.4) is 0 Å². The van der Waals surface area contributed by atoms with Crippen molar-refractivity contribution in [1.82, 2.24) is 10.6 Å². The fraction of sp³-hybridized carbons (Fsp3) is 0.824. The molecule has 0 radical (unpaired) electrons. The average molecular weight is 344 g/mol. The van der Waals surface area contributed by atoms with E-state index in [4.69, 9.17) is 5.11 Å². The molecule has 0 spiro atoms. The highest BCUT2D eigenvalue weighted by Crippen LogP contribution is 2.08. The summed E-state index contributed by atoms with van der Waals surface area (Å²) in [7, 11) is 1.17. The SMILES string of the molecule is CCCCCCCCCC(=O)N[C@@H](C)C(=O)N[C@@H](CO)C(=O)OC. The lowest BCUT2D eigenvalue weighted by atomic mass is 10.1. The maximum Gasteiger partial charge on any atom is 0.330 e. The Kier molecular flexibility index (Phi) is 12.8. The Bertz CT molecular complexity index is 387. The van der Waals surface area contributed by atoms with Crippen LogP contribution in [0.25, 0.3) is 0 Å². The predicted molar refractivity (Wildman–Crippen MR) is 91.2 cm³/mol. The van der Waals surface area contributed by atoms with E-state index >= 15 is 0 Å². The Morgan fingerprint density at radius 1 is 1.00 bits per heavy atom. The highest BCUT2D eigenvalue weighted by atomic mass is 16.5. The van der Waals surface area contributed by atoms with Gasteiger partial charge < -0.3 is 20.5 Å². The second-order valence-corrected chi connectivity index (χ2v) is 5.93. The van der Waals surface area contributed by atoms with Crippen molar-refractivity contribution in [3.63, 3.8) is 0 Å². The van der Waals surface area contributed by atoms with E-state index in [1.807, 2.05) is 0 Å². The van der Waals surface area contributed by atoms with Crippen LogP contribution in [0.5, 0.6) is 0 Å². The van der Waals surface area contributed by atoms with E-state index in [2.05, 4.69) is 22.3 Å². The van der Waals surface area contributed by atoms with E-state index in [-0.39, 0.29) is 5.91 Å². The number of aliphatic hydroxyl groups excluding tert-OH is 1. The zero-order chi connectivity index (χ0) is 18.4. The van der Waals surface area contributed by atoms with Gasteiger partial charge in [-0.25, -0.2) is 4.79 Å². The second kappa shape index (κ2) is 13.8. The number of nitrogens with one attached hydrogen (secondary N) is 2. The Labute approximate surface area is 144 Å². The number of aliphatic hydroxyl groups is 1. The largest absolute Gasteiger partial charge is 0.467 e. The first-order valence-corrected chi connectivity index (χ1v) is 8.74. The van der Waals surface area contributed by atoms with Gasteiger partial charge in [-0.2, -0.15) is 0 Å². The summed E-state index contributed by atoms with van der Waals surface area (Å²) in [5.41, 5.74) is 0. The summed E-state index contributed by atoms with van der Waals surface area (Å²) >= 11 is 0. The Morgan fingerprint density at radius 2 is 1.58 bits per heavy atom. The number of hydrogen-bond donors (Lipinski definition) is 3. The van der Waals surface area contributed by atoms with E-state index in [0.717, 1.165) is 19.3 Å². The lowest BCUT2D eigenvalue weighted by molar-refractivity contribution is -0.146. The molecule has 0 heterocycles. The minimum absolute atomic E-state index is 0.190. The van der Waals surface area contributed by atoms with Crippen molar-refractivity contribution in [3.8, 4) is 0 Å². The molecule has 0 fully saturated rings. The van der Waals surface area contributed by atoms with Crippen LogP contribution < -0.4 is 10.6 Å². The third-order valence-electron chi connectivity index (χ3n) is 3.76. The molecular formula is C17H32N2O5. The molecule has 0 aromatic carbocycles. The topological polar surface area (TPSA) is 105 Å². The number of esters is 1. The standard InChI is InChI=1S/C17H32N2O5/c1-4-5-6-7-8-9-10-11-15(21)18-13(2)16(22)19-14(12-20)17(23)24-3/h13-14,20H,4-12H2,1-3H3,(H,18,21)(H,19,22)/t13-,14-/m0/s1. The van der Waals surface area contributed by atoms with Gasteiger partial charge in [-0.1, -0.05) is 45.4 Å². The van der Waals surface area contributed by atoms with Crippen LogP contribution in [0.1, 0.15) is 65.2 Å². The molecule has 24 heavy (non-hydrogen) atoms. The first kappa shape index (κ1) is 22.4. The quantitative estimate of drug-likeness (QED) is 0.345. The van der Waals surface area contributed by atoms with Gasteiger partial charge in [0.2, 0.25) is 11.8 Å². The van der Waals surface area contributed by atoms with Crippen LogP contribution in [0.15, 0.2) is 0 Å². The average Bonchev–Trinajstić information content (AvgIpc) is 2.57. The molecule has 0 aromatic heterocycles. The summed E-state index contributed by atoms with van der Waals surface area (Å²) < 4.78 is 4.46. The van der Waals surface area contributed by atoms with E-state index < -0.39 is 30.6 Å². The Morgan fingerprint density at radius 3 is 2.12 bits per heavy atom. The molecule has 7 heteroatoms. The third-order valence-corrected chi connectivity index (χ3v) is 3.76. The fourth-order valence-corrected chi connectivity index (χ4v) is 2.24. The summed E-state index contributed by atoms with van der Waals surface area (Å²) in [5, 5.41) is 14.0. The van der Waals surface area contributed by atoms with Gasteiger partial charge in [0.25, 0.3) is 0 Å². The third kappa shape index (κ3) is 10.2. The van der Waals surface area contributed by atoms with Crippen molar-refractivity contribution in [2.75, 3.05) is 13.7 Å². The molecule has 0 saturated carbocycles. The van der Waals surface area contributed by atoms with Crippen molar-refractivity contribution in [2.45, 2.75) is 77.3 Å². The van der Waals surface area contributed by atoms with E-state index in [9.17, 15) is 14.4 Å². The van der Waals surface area contributed by atoms with Crippen LogP contribution in [0, 0.1) is 0 Å². The van der Waals surface area contributed by atoms with Gasteiger partial charge in [-0.15, -0.1) is 0 Å².